The Morgan fingerprint density at radius 2 is 2.23 bits per heavy atom. The Balaban J connectivity index is 2.40. The summed E-state index contributed by atoms with van der Waals surface area (Å²) in [7, 11) is 0. The molecular formula is C8H13N3O2. The number of carbonyl (C=O) groups is 1. The Hall–Kier alpha value is -1.39. The minimum atomic E-state index is -0.472. The highest BCUT2D eigenvalue weighted by atomic mass is 16.5. The van der Waals surface area contributed by atoms with Gasteiger partial charge in [0, 0.05) is 0 Å². The molecule has 72 valence electrons. The van der Waals surface area contributed by atoms with Gasteiger partial charge in [0.2, 0.25) is 0 Å². The van der Waals surface area contributed by atoms with Crippen molar-refractivity contribution in [2.24, 2.45) is 5.41 Å². The minimum absolute atomic E-state index is 0.121. The molecule has 5 nitrogen and oxygen atoms in total. The lowest BCUT2D eigenvalue weighted by Gasteiger charge is -2.15. The summed E-state index contributed by atoms with van der Waals surface area (Å²) in [5, 5.41) is 3.80. The van der Waals surface area contributed by atoms with Crippen LogP contribution >= 0.6 is 0 Å². The van der Waals surface area contributed by atoms with E-state index in [1.165, 1.54) is 17.3 Å². The van der Waals surface area contributed by atoms with E-state index in [1.54, 1.807) is 20.8 Å². The van der Waals surface area contributed by atoms with Crippen molar-refractivity contribution in [1.82, 2.24) is 14.8 Å². The zero-order chi connectivity index (χ0) is 9.90. The standard InChI is InChI=1S/C8H13N3O2/c1-8(2,3)7(12)13-6-11-5-9-4-10-11/h4-5H,6H2,1-3H3. The van der Waals surface area contributed by atoms with Gasteiger partial charge in [-0.25, -0.2) is 9.67 Å². The van der Waals surface area contributed by atoms with Crippen LogP contribution in [0.3, 0.4) is 0 Å². The molecule has 1 rings (SSSR count). The lowest BCUT2D eigenvalue weighted by atomic mass is 9.98. The molecule has 0 saturated carbocycles. The molecule has 0 amide bonds. The van der Waals surface area contributed by atoms with Crippen LogP contribution in [0.1, 0.15) is 20.8 Å². The Morgan fingerprint density at radius 1 is 1.54 bits per heavy atom. The van der Waals surface area contributed by atoms with Gasteiger partial charge in [-0.3, -0.25) is 4.79 Å². The number of aromatic nitrogens is 3. The van der Waals surface area contributed by atoms with Crippen LogP contribution in [0.2, 0.25) is 0 Å². The fourth-order valence-corrected chi connectivity index (χ4v) is 0.641. The average Bonchev–Trinajstić information content (AvgIpc) is 2.50. The van der Waals surface area contributed by atoms with Gasteiger partial charge < -0.3 is 4.74 Å². The SMILES string of the molecule is CC(C)(C)C(=O)OCn1cncn1. The van der Waals surface area contributed by atoms with E-state index in [2.05, 4.69) is 10.1 Å². The van der Waals surface area contributed by atoms with Gasteiger partial charge in [0.05, 0.1) is 5.41 Å². The first-order chi connectivity index (χ1) is 6.00. The zero-order valence-electron chi connectivity index (χ0n) is 8.02. The molecule has 0 saturated heterocycles. The smallest absolute Gasteiger partial charge is 0.313 e. The van der Waals surface area contributed by atoms with Crippen LogP contribution in [0, 0.1) is 5.41 Å². The van der Waals surface area contributed by atoms with Crippen molar-refractivity contribution in [3.8, 4) is 0 Å². The number of carbonyl (C=O) groups excluding carboxylic acids is 1. The van der Waals surface area contributed by atoms with Gasteiger partial charge in [-0.15, -0.1) is 0 Å². The molecule has 0 aliphatic rings. The Bertz CT molecular complexity index is 274. The molecular weight excluding hydrogens is 170 g/mol. The molecule has 13 heavy (non-hydrogen) atoms. The molecule has 1 aromatic heterocycles. The van der Waals surface area contributed by atoms with Gasteiger partial charge in [0.25, 0.3) is 0 Å². The van der Waals surface area contributed by atoms with E-state index in [9.17, 15) is 4.79 Å². The second-order valence-corrected chi connectivity index (χ2v) is 3.75. The lowest BCUT2D eigenvalue weighted by Crippen LogP contribution is -2.24. The zero-order valence-corrected chi connectivity index (χ0v) is 8.02. The van der Waals surface area contributed by atoms with E-state index >= 15 is 0 Å². The van der Waals surface area contributed by atoms with Gasteiger partial charge in [0.15, 0.2) is 6.73 Å². The van der Waals surface area contributed by atoms with Crippen molar-refractivity contribution in [3.63, 3.8) is 0 Å². The van der Waals surface area contributed by atoms with Crippen LogP contribution in [0.25, 0.3) is 0 Å². The van der Waals surface area contributed by atoms with Crippen molar-refractivity contribution in [2.75, 3.05) is 0 Å². The van der Waals surface area contributed by atoms with E-state index in [0.29, 0.717) is 0 Å². The summed E-state index contributed by atoms with van der Waals surface area (Å²) in [5.41, 5.74) is -0.472. The number of nitrogens with zero attached hydrogens (tertiary/aromatic N) is 3. The summed E-state index contributed by atoms with van der Waals surface area (Å²) in [6.07, 6.45) is 2.89. The number of ether oxygens (including phenoxy) is 1. The monoisotopic (exact) mass is 183 g/mol. The van der Waals surface area contributed by atoms with Gasteiger partial charge >= 0.3 is 5.97 Å². The number of hydrogen-bond acceptors (Lipinski definition) is 4. The van der Waals surface area contributed by atoms with Crippen LogP contribution < -0.4 is 0 Å². The molecule has 0 aliphatic heterocycles. The summed E-state index contributed by atoms with van der Waals surface area (Å²) in [6.45, 7) is 5.53. The molecule has 0 N–H and O–H groups in total. The normalized spacial score (nSPS) is 11.3. The Morgan fingerprint density at radius 3 is 2.69 bits per heavy atom. The number of esters is 1. The maximum atomic E-state index is 11.3. The van der Waals surface area contributed by atoms with Crippen molar-refractivity contribution < 1.29 is 9.53 Å². The molecule has 0 radical (unpaired) electrons. The van der Waals surface area contributed by atoms with Gasteiger partial charge in [-0.2, -0.15) is 5.10 Å². The topological polar surface area (TPSA) is 57.0 Å². The van der Waals surface area contributed by atoms with Crippen molar-refractivity contribution in [1.29, 1.82) is 0 Å². The van der Waals surface area contributed by atoms with Crippen LogP contribution in [-0.4, -0.2) is 20.7 Å². The van der Waals surface area contributed by atoms with Crippen LogP contribution in [0.15, 0.2) is 12.7 Å². The number of rotatable bonds is 2. The molecule has 0 spiro atoms. The summed E-state index contributed by atoms with van der Waals surface area (Å²) < 4.78 is 6.42. The molecule has 0 fully saturated rings. The summed E-state index contributed by atoms with van der Waals surface area (Å²) in [4.78, 5) is 15.0. The predicted octanol–water partition coefficient (Wildman–Crippen LogP) is 0.825. The minimum Gasteiger partial charge on any atom is -0.442 e. The third-order valence-electron chi connectivity index (χ3n) is 1.41. The Kier molecular flexibility index (Phi) is 2.65. The fraction of sp³-hybridized carbons (Fsp3) is 0.625. The predicted molar refractivity (Wildman–Crippen MR) is 45.6 cm³/mol. The molecule has 0 unspecified atom stereocenters. The second kappa shape index (κ2) is 3.55. The summed E-state index contributed by atoms with van der Waals surface area (Å²) in [6, 6.07) is 0. The van der Waals surface area contributed by atoms with E-state index in [0.717, 1.165) is 0 Å². The summed E-state index contributed by atoms with van der Waals surface area (Å²) in [5.74, 6) is -0.247. The highest BCUT2D eigenvalue weighted by molar-refractivity contribution is 5.75. The van der Waals surface area contributed by atoms with Gasteiger partial charge in [-0.1, -0.05) is 0 Å². The molecule has 0 aromatic carbocycles. The average molecular weight is 183 g/mol. The lowest BCUT2D eigenvalue weighted by molar-refractivity contribution is -0.157. The molecule has 0 aliphatic carbocycles. The summed E-state index contributed by atoms with van der Waals surface area (Å²) >= 11 is 0. The van der Waals surface area contributed by atoms with Crippen molar-refractivity contribution in [2.45, 2.75) is 27.5 Å². The third-order valence-corrected chi connectivity index (χ3v) is 1.41. The van der Waals surface area contributed by atoms with Crippen molar-refractivity contribution in [3.05, 3.63) is 12.7 Å². The molecule has 1 heterocycles. The first kappa shape index (κ1) is 9.70. The number of hydrogen-bond donors (Lipinski definition) is 0. The van der Waals surface area contributed by atoms with Crippen LogP contribution in [0.4, 0.5) is 0 Å². The first-order valence-corrected chi connectivity index (χ1v) is 4.00. The third kappa shape index (κ3) is 2.85. The highest BCUT2D eigenvalue weighted by Gasteiger charge is 2.22. The van der Waals surface area contributed by atoms with Gasteiger partial charge in [-0.05, 0) is 20.8 Å². The van der Waals surface area contributed by atoms with Crippen LogP contribution in [0.5, 0.6) is 0 Å². The molecule has 5 heteroatoms. The van der Waals surface area contributed by atoms with E-state index in [4.69, 9.17) is 4.74 Å². The molecule has 0 bridgehead atoms. The second-order valence-electron chi connectivity index (χ2n) is 3.75. The van der Waals surface area contributed by atoms with Crippen molar-refractivity contribution >= 4 is 5.97 Å². The fourth-order valence-electron chi connectivity index (χ4n) is 0.641. The van der Waals surface area contributed by atoms with E-state index < -0.39 is 5.41 Å². The first-order valence-electron chi connectivity index (χ1n) is 4.00. The highest BCUT2D eigenvalue weighted by Crippen LogP contribution is 2.14. The largest absolute Gasteiger partial charge is 0.442 e. The van der Waals surface area contributed by atoms with Crippen LogP contribution in [-0.2, 0) is 16.3 Å². The quantitative estimate of drug-likeness (QED) is 0.637. The van der Waals surface area contributed by atoms with Gasteiger partial charge in [0.1, 0.15) is 12.7 Å². The van der Waals surface area contributed by atoms with E-state index in [1.807, 2.05) is 0 Å². The Labute approximate surface area is 76.7 Å². The molecule has 0 atom stereocenters. The molecule has 1 aromatic rings. The van der Waals surface area contributed by atoms with E-state index in [-0.39, 0.29) is 12.7 Å². The maximum absolute atomic E-state index is 11.3. The maximum Gasteiger partial charge on any atom is 0.313 e.